The van der Waals surface area contributed by atoms with Crippen LogP contribution < -0.4 is 5.32 Å². The van der Waals surface area contributed by atoms with Crippen molar-refractivity contribution in [2.24, 2.45) is 0 Å². The summed E-state index contributed by atoms with van der Waals surface area (Å²) in [4.78, 5) is 4.47. The Bertz CT molecular complexity index is 457. The number of nitrogens with one attached hydrogen (secondary N) is 1. The monoisotopic (exact) mass is 189 g/mol. The van der Waals surface area contributed by atoms with E-state index in [0.717, 1.165) is 18.1 Å². The highest BCUT2D eigenvalue weighted by molar-refractivity contribution is 5.59. The van der Waals surface area contributed by atoms with Gasteiger partial charge < -0.3 is 9.72 Å². The maximum absolute atomic E-state index is 4.47. The maximum Gasteiger partial charge on any atom is 0.110 e. The lowest BCUT2D eigenvalue weighted by atomic mass is 10.2. The molecule has 0 bridgehead atoms. The zero-order valence-corrected chi connectivity index (χ0v) is 8.83. The van der Waals surface area contributed by atoms with Gasteiger partial charge in [-0.1, -0.05) is 6.07 Å². The molecule has 0 spiro atoms. The molecular formula is C11H15N3. The van der Waals surface area contributed by atoms with Crippen LogP contribution in [-0.4, -0.2) is 16.4 Å². The SMILES string of the molecule is CNCc1cccn2c(C)nc(C)c12. The normalized spacial score (nSPS) is 11.1. The van der Waals surface area contributed by atoms with E-state index in [9.17, 15) is 0 Å². The van der Waals surface area contributed by atoms with Gasteiger partial charge in [-0.3, -0.25) is 0 Å². The lowest BCUT2D eigenvalue weighted by Crippen LogP contribution is -2.06. The molecule has 0 amide bonds. The zero-order chi connectivity index (χ0) is 10.1. The summed E-state index contributed by atoms with van der Waals surface area (Å²) in [6.07, 6.45) is 2.06. The molecule has 0 saturated heterocycles. The summed E-state index contributed by atoms with van der Waals surface area (Å²) >= 11 is 0. The average Bonchev–Trinajstić information content (AvgIpc) is 2.44. The minimum absolute atomic E-state index is 0.885. The van der Waals surface area contributed by atoms with E-state index in [0.29, 0.717) is 0 Å². The largest absolute Gasteiger partial charge is 0.316 e. The number of pyridine rings is 1. The van der Waals surface area contributed by atoms with Crippen LogP contribution in [0.15, 0.2) is 18.3 Å². The van der Waals surface area contributed by atoms with Gasteiger partial charge in [-0.25, -0.2) is 4.98 Å². The first-order valence-corrected chi connectivity index (χ1v) is 4.82. The summed E-state index contributed by atoms with van der Waals surface area (Å²) < 4.78 is 2.14. The van der Waals surface area contributed by atoms with E-state index < -0.39 is 0 Å². The first-order valence-electron chi connectivity index (χ1n) is 4.82. The second-order valence-corrected chi connectivity index (χ2v) is 3.53. The fourth-order valence-corrected chi connectivity index (χ4v) is 1.91. The summed E-state index contributed by atoms with van der Waals surface area (Å²) in [5.41, 5.74) is 3.64. The van der Waals surface area contributed by atoms with Crippen LogP contribution in [0.2, 0.25) is 0 Å². The fourth-order valence-electron chi connectivity index (χ4n) is 1.91. The van der Waals surface area contributed by atoms with Crippen LogP contribution in [0.3, 0.4) is 0 Å². The van der Waals surface area contributed by atoms with Gasteiger partial charge in [0.25, 0.3) is 0 Å². The first kappa shape index (κ1) is 9.21. The number of fused-ring (bicyclic) bond motifs is 1. The van der Waals surface area contributed by atoms with Gasteiger partial charge in [0, 0.05) is 12.7 Å². The standard InChI is InChI=1S/C11H15N3/c1-8-11-10(7-12-3)5-4-6-14(11)9(2)13-8/h4-6,12H,7H2,1-3H3. The first-order chi connectivity index (χ1) is 6.74. The van der Waals surface area contributed by atoms with Gasteiger partial charge in [-0.2, -0.15) is 0 Å². The molecular weight excluding hydrogens is 174 g/mol. The van der Waals surface area contributed by atoms with Crippen molar-refractivity contribution in [3.05, 3.63) is 35.4 Å². The Morgan fingerprint density at radius 1 is 1.43 bits per heavy atom. The predicted octanol–water partition coefficient (Wildman–Crippen LogP) is 1.67. The molecule has 0 radical (unpaired) electrons. The van der Waals surface area contributed by atoms with Crippen molar-refractivity contribution in [2.75, 3.05) is 7.05 Å². The molecule has 2 heterocycles. The Kier molecular flexibility index (Phi) is 2.25. The highest BCUT2D eigenvalue weighted by Gasteiger charge is 2.07. The van der Waals surface area contributed by atoms with Crippen molar-refractivity contribution in [1.82, 2.24) is 14.7 Å². The number of imidazole rings is 1. The Morgan fingerprint density at radius 2 is 2.21 bits per heavy atom. The van der Waals surface area contributed by atoms with E-state index in [1.54, 1.807) is 0 Å². The van der Waals surface area contributed by atoms with Crippen LogP contribution in [0.25, 0.3) is 5.52 Å². The van der Waals surface area contributed by atoms with E-state index in [-0.39, 0.29) is 0 Å². The third-order valence-corrected chi connectivity index (χ3v) is 2.47. The highest BCUT2D eigenvalue weighted by atomic mass is 15.0. The molecule has 14 heavy (non-hydrogen) atoms. The molecule has 0 atom stereocenters. The highest BCUT2D eigenvalue weighted by Crippen LogP contribution is 2.16. The number of aryl methyl sites for hydroxylation is 2. The molecule has 2 aromatic heterocycles. The second kappa shape index (κ2) is 3.42. The van der Waals surface area contributed by atoms with Crippen LogP contribution >= 0.6 is 0 Å². The number of hydrogen-bond acceptors (Lipinski definition) is 2. The van der Waals surface area contributed by atoms with Gasteiger partial charge >= 0.3 is 0 Å². The average molecular weight is 189 g/mol. The van der Waals surface area contributed by atoms with E-state index >= 15 is 0 Å². The minimum Gasteiger partial charge on any atom is -0.316 e. The quantitative estimate of drug-likeness (QED) is 0.778. The van der Waals surface area contributed by atoms with Gasteiger partial charge in [0.1, 0.15) is 5.82 Å². The van der Waals surface area contributed by atoms with Crippen molar-refractivity contribution in [3.63, 3.8) is 0 Å². The van der Waals surface area contributed by atoms with Gasteiger partial charge in [0.05, 0.1) is 11.2 Å². The van der Waals surface area contributed by atoms with Crippen LogP contribution in [0, 0.1) is 13.8 Å². The topological polar surface area (TPSA) is 29.3 Å². The van der Waals surface area contributed by atoms with Crippen LogP contribution in [-0.2, 0) is 6.54 Å². The van der Waals surface area contributed by atoms with Gasteiger partial charge in [0.2, 0.25) is 0 Å². The molecule has 1 N–H and O–H groups in total. The number of nitrogens with zero attached hydrogens (tertiary/aromatic N) is 2. The fraction of sp³-hybridized carbons (Fsp3) is 0.364. The lowest BCUT2D eigenvalue weighted by Gasteiger charge is -2.04. The smallest absolute Gasteiger partial charge is 0.110 e. The van der Waals surface area contributed by atoms with Gasteiger partial charge in [-0.15, -0.1) is 0 Å². The summed E-state index contributed by atoms with van der Waals surface area (Å²) in [7, 11) is 1.96. The molecule has 0 aliphatic heterocycles. The predicted molar refractivity (Wildman–Crippen MR) is 57.4 cm³/mol. The Balaban J connectivity index is 2.72. The van der Waals surface area contributed by atoms with Crippen molar-refractivity contribution in [3.8, 4) is 0 Å². The van der Waals surface area contributed by atoms with Crippen molar-refractivity contribution < 1.29 is 0 Å². The molecule has 0 unspecified atom stereocenters. The molecule has 3 nitrogen and oxygen atoms in total. The molecule has 0 saturated carbocycles. The summed E-state index contributed by atoms with van der Waals surface area (Å²) in [5, 5.41) is 3.17. The molecule has 3 heteroatoms. The molecule has 0 aliphatic carbocycles. The van der Waals surface area contributed by atoms with Crippen LogP contribution in [0.1, 0.15) is 17.1 Å². The Morgan fingerprint density at radius 3 is 2.93 bits per heavy atom. The summed E-state index contributed by atoms with van der Waals surface area (Å²) in [6, 6.07) is 4.20. The van der Waals surface area contributed by atoms with E-state index in [4.69, 9.17) is 0 Å². The van der Waals surface area contributed by atoms with Crippen molar-refractivity contribution in [2.45, 2.75) is 20.4 Å². The van der Waals surface area contributed by atoms with Gasteiger partial charge in [-0.05, 0) is 32.5 Å². The molecule has 0 aromatic carbocycles. The number of aromatic nitrogens is 2. The molecule has 0 aliphatic rings. The number of rotatable bonds is 2. The molecule has 74 valence electrons. The van der Waals surface area contributed by atoms with E-state index in [2.05, 4.69) is 40.0 Å². The Hall–Kier alpha value is -1.35. The van der Waals surface area contributed by atoms with E-state index in [1.807, 2.05) is 14.0 Å². The molecule has 2 aromatic rings. The third kappa shape index (κ3) is 1.30. The zero-order valence-electron chi connectivity index (χ0n) is 8.83. The lowest BCUT2D eigenvalue weighted by molar-refractivity contribution is 0.817. The van der Waals surface area contributed by atoms with Crippen molar-refractivity contribution in [1.29, 1.82) is 0 Å². The molecule has 2 rings (SSSR count). The van der Waals surface area contributed by atoms with Gasteiger partial charge in [0.15, 0.2) is 0 Å². The molecule has 0 fully saturated rings. The maximum atomic E-state index is 4.47. The number of hydrogen-bond donors (Lipinski definition) is 1. The second-order valence-electron chi connectivity index (χ2n) is 3.53. The summed E-state index contributed by atoms with van der Waals surface area (Å²) in [6.45, 7) is 4.97. The van der Waals surface area contributed by atoms with Crippen LogP contribution in [0.5, 0.6) is 0 Å². The van der Waals surface area contributed by atoms with Crippen LogP contribution in [0.4, 0.5) is 0 Å². The minimum atomic E-state index is 0.885. The summed E-state index contributed by atoms with van der Waals surface area (Å²) in [5.74, 6) is 1.05. The van der Waals surface area contributed by atoms with E-state index in [1.165, 1.54) is 11.1 Å². The third-order valence-electron chi connectivity index (χ3n) is 2.47. The Labute approximate surface area is 83.8 Å². The van der Waals surface area contributed by atoms with Crippen molar-refractivity contribution >= 4 is 5.52 Å².